The molecule has 1 amide bonds. The normalized spacial score (nSPS) is 17.9. The van der Waals surface area contributed by atoms with Crippen LogP contribution in [0.4, 0.5) is 5.69 Å². The number of benzene rings is 3. The van der Waals surface area contributed by atoms with Gasteiger partial charge in [0, 0.05) is 42.7 Å². The van der Waals surface area contributed by atoms with Crippen molar-refractivity contribution in [1.82, 2.24) is 10.9 Å². The zero-order valence-electron chi connectivity index (χ0n) is 21.7. The Kier molecular flexibility index (Phi) is 9.01. The maximum absolute atomic E-state index is 13.8. The van der Waals surface area contributed by atoms with Crippen molar-refractivity contribution >= 4 is 17.5 Å². The second kappa shape index (κ2) is 12.8. The molecule has 11 heteroatoms. The molecular weight excluding hydrogens is 500 g/mol. The van der Waals surface area contributed by atoms with Crippen LogP contribution < -0.4 is 20.3 Å². The van der Waals surface area contributed by atoms with E-state index in [4.69, 9.17) is 29.8 Å². The predicted octanol–water partition coefficient (Wildman–Crippen LogP) is 4.15. The summed E-state index contributed by atoms with van der Waals surface area (Å²) >= 11 is 0. The fraction of sp³-hybridized carbons (Fsp3) is 0.286. The van der Waals surface area contributed by atoms with Crippen molar-refractivity contribution in [2.75, 3.05) is 27.4 Å². The zero-order chi connectivity index (χ0) is 27.7. The lowest BCUT2D eigenvalue weighted by atomic mass is 9.81. The standard InChI is InChI=1S/C28H30N6O5/c1-30-33-27(36)28(18-21-7-3-4-10-24(21)32-34-29)25(20-8-5-9-23(17-20)37-2)39-26(31-28)19-11-13-22(14-12-19)38-16-6-15-35/h3-5,7-14,17,25,30,35H,6,15-16,18H2,1-2H3,(H,33,36)/t25-,28-/m0/s1. The van der Waals surface area contributed by atoms with Gasteiger partial charge >= 0.3 is 0 Å². The molecule has 4 rings (SSSR count). The van der Waals surface area contributed by atoms with Gasteiger partial charge in [0.1, 0.15) is 11.5 Å². The number of nitrogens with one attached hydrogen (secondary N) is 2. The fourth-order valence-corrected chi connectivity index (χ4v) is 4.41. The first-order chi connectivity index (χ1) is 19.0. The molecule has 0 fully saturated rings. The lowest BCUT2D eigenvalue weighted by molar-refractivity contribution is -0.129. The van der Waals surface area contributed by atoms with Crippen molar-refractivity contribution in [2.45, 2.75) is 24.5 Å². The number of aliphatic imine (C=N–C) groups is 1. The molecule has 3 aromatic carbocycles. The van der Waals surface area contributed by atoms with Crippen molar-refractivity contribution < 1.29 is 24.1 Å². The number of carbonyl (C=O) groups excluding carboxylic acids is 1. The summed E-state index contributed by atoms with van der Waals surface area (Å²) in [4.78, 5) is 21.7. The minimum atomic E-state index is -1.47. The van der Waals surface area contributed by atoms with Crippen LogP contribution in [0.15, 0.2) is 82.9 Å². The van der Waals surface area contributed by atoms with Gasteiger partial charge in [-0.15, -0.1) is 0 Å². The molecule has 39 heavy (non-hydrogen) atoms. The monoisotopic (exact) mass is 530 g/mol. The first-order valence-corrected chi connectivity index (χ1v) is 12.4. The highest BCUT2D eigenvalue weighted by Gasteiger charge is 2.53. The number of methoxy groups -OCH3 is 1. The van der Waals surface area contributed by atoms with E-state index >= 15 is 0 Å². The van der Waals surface area contributed by atoms with Crippen molar-refractivity contribution in [3.63, 3.8) is 0 Å². The smallest absolute Gasteiger partial charge is 0.266 e. The van der Waals surface area contributed by atoms with E-state index in [0.29, 0.717) is 46.9 Å². The highest BCUT2D eigenvalue weighted by Crippen LogP contribution is 2.44. The Bertz CT molecular complexity index is 1370. The van der Waals surface area contributed by atoms with Crippen LogP contribution in [-0.4, -0.2) is 49.8 Å². The quantitative estimate of drug-likeness (QED) is 0.105. The molecule has 1 aliphatic heterocycles. The topological polar surface area (TPSA) is 150 Å². The molecule has 3 N–H and O–H groups in total. The Morgan fingerprint density at radius 3 is 2.67 bits per heavy atom. The van der Waals surface area contributed by atoms with E-state index in [-0.39, 0.29) is 18.9 Å². The summed E-state index contributed by atoms with van der Waals surface area (Å²) in [6.45, 7) is 0.442. The fourth-order valence-electron chi connectivity index (χ4n) is 4.41. The van der Waals surface area contributed by atoms with Crippen LogP contribution in [0.5, 0.6) is 11.5 Å². The number of azide groups is 1. The Labute approximate surface area is 226 Å². The second-order valence-corrected chi connectivity index (χ2v) is 8.76. The summed E-state index contributed by atoms with van der Waals surface area (Å²) in [5.41, 5.74) is 15.4. The van der Waals surface area contributed by atoms with Gasteiger partial charge in [0.25, 0.3) is 5.91 Å². The third kappa shape index (κ3) is 6.12. The van der Waals surface area contributed by atoms with Gasteiger partial charge < -0.3 is 19.3 Å². The zero-order valence-corrected chi connectivity index (χ0v) is 21.7. The van der Waals surface area contributed by atoms with Gasteiger partial charge in [0.2, 0.25) is 5.90 Å². The molecular formula is C28H30N6O5. The molecule has 1 heterocycles. The number of hydrogen-bond acceptors (Lipinski definition) is 8. The average molecular weight is 531 g/mol. The minimum Gasteiger partial charge on any atom is -0.497 e. The van der Waals surface area contributed by atoms with Gasteiger partial charge in [-0.25, -0.2) is 10.4 Å². The van der Waals surface area contributed by atoms with E-state index in [1.165, 1.54) is 0 Å². The Morgan fingerprint density at radius 2 is 1.95 bits per heavy atom. The number of carbonyl (C=O) groups is 1. The van der Waals surface area contributed by atoms with Gasteiger partial charge in [-0.3, -0.25) is 10.2 Å². The summed E-state index contributed by atoms with van der Waals surface area (Å²) in [5.74, 6) is 1.09. The summed E-state index contributed by atoms with van der Waals surface area (Å²) in [7, 11) is 3.16. The Balaban J connectivity index is 1.82. The van der Waals surface area contributed by atoms with E-state index in [0.717, 1.165) is 0 Å². The van der Waals surface area contributed by atoms with Crippen LogP contribution in [0.25, 0.3) is 10.4 Å². The van der Waals surface area contributed by atoms with Crippen LogP contribution in [0.2, 0.25) is 0 Å². The third-order valence-corrected chi connectivity index (χ3v) is 6.27. The Morgan fingerprint density at radius 1 is 1.15 bits per heavy atom. The van der Waals surface area contributed by atoms with E-state index in [1.807, 2.05) is 30.3 Å². The van der Waals surface area contributed by atoms with Crippen LogP contribution in [0.3, 0.4) is 0 Å². The molecule has 0 saturated heterocycles. The van der Waals surface area contributed by atoms with Gasteiger partial charge in [-0.05, 0) is 53.1 Å². The number of aliphatic hydroxyl groups excluding tert-OH is 1. The predicted molar refractivity (Wildman–Crippen MR) is 146 cm³/mol. The minimum absolute atomic E-state index is 0.0496. The molecule has 0 bridgehead atoms. The molecule has 1 aliphatic rings. The first kappa shape index (κ1) is 27.5. The molecule has 0 unspecified atom stereocenters. The highest BCUT2D eigenvalue weighted by atomic mass is 16.5. The molecule has 0 radical (unpaired) electrons. The molecule has 2 atom stereocenters. The number of ether oxygens (including phenoxy) is 3. The number of aliphatic hydroxyl groups is 1. The maximum atomic E-state index is 13.8. The van der Waals surface area contributed by atoms with Crippen molar-refractivity contribution in [2.24, 2.45) is 10.1 Å². The molecule has 0 saturated carbocycles. The van der Waals surface area contributed by atoms with Crippen molar-refractivity contribution in [1.29, 1.82) is 0 Å². The molecule has 3 aromatic rings. The van der Waals surface area contributed by atoms with Crippen molar-refractivity contribution in [3.05, 3.63) is 99.9 Å². The number of hydrazine groups is 1. The SMILES string of the molecule is CNNC(=O)[C@@]1(Cc2ccccc2N=[N+]=[N-])N=C(c2ccc(OCCCO)cc2)O[C@H]1c1cccc(OC)c1. The summed E-state index contributed by atoms with van der Waals surface area (Å²) in [5, 5.41) is 12.8. The maximum Gasteiger partial charge on any atom is 0.266 e. The van der Waals surface area contributed by atoms with E-state index in [2.05, 4.69) is 20.9 Å². The summed E-state index contributed by atoms with van der Waals surface area (Å²) in [6.07, 6.45) is -0.223. The number of amides is 1. The third-order valence-electron chi connectivity index (χ3n) is 6.27. The largest absolute Gasteiger partial charge is 0.497 e. The van der Waals surface area contributed by atoms with E-state index in [9.17, 15) is 4.79 Å². The number of hydrogen-bond donors (Lipinski definition) is 3. The van der Waals surface area contributed by atoms with Gasteiger partial charge in [-0.2, -0.15) is 0 Å². The Hall–Kier alpha value is -4.57. The number of rotatable bonds is 12. The van der Waals surface area contributed by atoms with Gasteiger partial charge in [0.05, 0.1) is 13.7 Å². The van der Waals surface area contributed by atoms with Crippen LogP contribution in [0.1, 0.15) is 29.2 Å². The van der Waals surface area contributed by atoms with Gasteiger partial charge in [-0.1, -0.05) is 41.5 Å². The molecule has 11 nitrogen and oxygen atoms in total. The molecule has 0 aromatic heterocycles. The van der Waals surface area contributed by atoms with E-state index < -0.39 is 17.6 Å². The van der Waals surface area contributed by atoms with Crippen molar-refractivity contribution in [3.8, 4) is 11.5 Å². The summed E-state index contributed by atoms with van der Waals surface area (Å²) < 4.78 is 17.5. The highest BCUT2D eigenvalue weighted by molar-refractivity contribution is 6.01. The molecule has 0 aliphatic carbocycles. The molecule has 0 spiro atoms. The lowest BCUT2D eigenvalue weighted by Gasteiger charge is -2.31. The first-order valence-electron chi connectivity index (χ1n) is 12.4. The van der Waals surface area contributed by atoms with Crippen LogP contribution >= 0.6 is 0 Å². The lowest BCUT2D eigenvalue weighted by Crippen LogP contribution is -2.53. The van der Waals surface area contributed by atoms with Crippen LogP contribution in [-0.2, 0) is 16.0 Å². The van der Waals surface area contributed by atoms with E-state index in [1.54, 1.807) is 56.6 Å². The van der Waals surface area contributed by atoms with Gasteiger partial charge in [0.15, 0.2) is 11.6 Å². The molecule has 202 valence electrons. The average Bonchev–Trinajstić information content (AvgIpc) is 3.35. The summed E-state index contributed by atoms with van der Waals surface area (Å²) in [6, 6.07) is 21.5. The van der Waals surface area contributed by atoms with Crippen LogP contribution in [0, 0.1) is 0 Å². The second-order valence-electron chi connectivity index (χ2n) is 8.76. The number of nitrogens with zero attached hydrogens (tertiary/aromatic N) is 4.